The van der Waals surface area contributed by atoms with Crippen molar-refractivity contribution in [3.05, 3.63) is 34.7 Å². The van der Waals surface area contributed by atoms with Crippen LogP contribution in [0, 0.1) is 0 Å². The van der Waals surface area contributed by atoms with Gasteiger partial charge in [-0.3, -0.25) is 0 Å². The summed E-state index contributed by atoms with van der Waals surface area (Å²) in [6.45, 7) is 6.15. The molecule has 0 aliphatic carbocycles. The largest absolute Gasteiger partial charge is 0.494 e. The van der Waals surface area contributed by atoms with Crippen molar-refractivity contribution in [2.45, 2.75) is 50.0 Å². The fraction of sp³-hybridized carbons (Fsp3) is 0.625. The van der Waals surface area contributed by atoms with Gasteiger partial charge >= 0.3 is 0 Å². The molecule has 0 aliphatic rings. The summed E-state index contributed by atoms with van der Waals surface area (Å²) < 4.78 is 43.0. The van der Waals surface area contributed by atoms with Crippen LogP contribution in [0.4, 0.5) is 0 Å². The first kappa shape index (κ1) is 22.5. The van der Waals surface area contributed by atoms with E-state index in [2.05, 4.69) is 23.3 Å². The number of rotatable bonds is 14. The Morgan fingerprint density at radius 1 is 1.12 bits per heavy atom. The van der Waals surface area contributed by atoms with Crippen LogP contribution in [-0.4, -0.2) is 43.7 Å². The van der Waals surface area contributed by atoms with E-state index in [1.54, 1.807) is 12.1 Å². The molecule has 0 fully saturated rings. The fourth-order valence-corrected chi connectivity index (χ4v) is 4.28. The number of sulfonamides is 1. The average molecular weight is 402 g/mol. The Morgan fingerprint density at radius 2 is 1.73 bits per heavy atom. The minimum atomic E-state index is -3.95. The number of nitrogens with zero attached hydrogens (tertiary/aromatic N) is 3. The van der Waals surface area contributed by atoms with Gasteiger partial charge in [-0.25, -0.2) is 8.42 Å². The third kappa shape index (κ3) is 8.68. The maximum atomic E-state index is 11.6. The molecule has 0 saturated heterocycles. The summed E-state index contributed by atoms with van der Waals surface area (Å²) in [6, 6.07) is 6.87. The zero-order valence-electron chi connectivity index (χ0n) is 15.3. The van der Waals surface area contributed by atoms with Crippen LogP contribution in [0.25, 0.3) is 10.4 Å². The summed E-state index contributed by atoms with van der Waals surface area (Å²) in [7, 11) is -4.45. The van der Waals surface area contributed by atoms with Gasteiger partial charge in [0.25, 0.3) is 10.0 Å². The zero-order chi connectivity index (χ0) is 19.3. The van der Waals surface area contributed by atoms with Gasteiger partial charge in [0.2, 0.25) is 0 Å². The molecule has 0 radical (unpaired) electrons. The molecule has 1 rings (SSSR count). The van der Waals surface area contributed by atoms with Gasteiger partial charge in [-0.2, -0.15) is 0 Å². The van der Waals surface area contributed by atoms with Crippen molar-refractivity contribution in [1.29, 1.82) is 0 Å². The first-order valence-electron chi connectivity index (χ1n) is 8.81. The van der Waals surface area contributed by atoms with E-state index < -0.39 is 19.5 Å². The molecule has 0 saturated carbocycles. The molecule has 0 atom stereocenters. The van der Waals surface area contributed by atoms with Crippen molar-refractivity contribution in [2.24, 2.45) is 4.52 Å². The van der Waals surface area contributed by atoms with Crippen molar-refractivity contribution >= 4 is 19.5 Å². The lowest BCUT2D eigenvalue weighted by Gasteiger charge is -2.17. The van der Waals surface area contributed by atoms with E-state index in [1.807, 2.05) is 0 Å². The molecule has 0 heterocycles. The van der Waals surface area contributed by atoms with Crippen LogP contribution < -0.4 is 4.74 Å². The van der Waals surface area contributed by atoms with Crippen molar-refractivity contribution < 1.29 is 22.6 Å². The van der Waals surface area contributed by atoms with Crippen LogP contribution in [0.3, 0.4) is 0 Å². The number of ether oxygens (including phenoxy) is 3. The molecule has 0 aromatic heterocycles. The Labute approximate surface area is 157 Å². The first-order valence-corrected chi connectivity index (χ1v) is 12.1. The van der Waals surface area contributed by atoms with Gasteiger partial charge in [-0.1, -0.05) is 19.9 Å². The predicted octanol–water partition coefficient (Wildman–Crippen LogP) is 3.18. The lowest BCUT2D eigenvalue weighted by molar-refractivity contribution is -0.0905. The van der Waals surface area contributed by atoms with E-state index >= 15 is 0 Å². The van der Waals surface area contributed by atoms with Gasteiger partial charge in [-0.05, 0) is 49.1 Å². The Hall–Kier alpha value is -1.58. The van der Waals surface area contributed by atoms with E-state index in [4.69, 9.17) is 19.7 Å². The number of hydrogen-bond acceptors (Lipinski definition) is 5. The summed E-state index contributed by atoms with van der Waals surface area (Å²) in [5, 5.41) is 0. The molecule has 10 heteroatoms. The minimum absolute atomic E-state index is 0.0277. The van der Waals surface area contributed by atoms with E-state index in [9.17, 15) is 8.42 Å². The van der Waals surface area contributed by atoms with Crippen LogP contribution >= 0.6 is 0 Å². The maximum Gasteiger partial charge on any atom is 0.264 e. The van der Waals surface area contributed by atoms with E-state index in [0.29, 0.717) is 12.4 Å². The SMILES string of the molecule is CCCOC(OCCC)[SiH2]CCCOc1ccc(S(=O)(=O)N=[N+]=[N-])cc1. The highest BCUT2D eigenvalue weighted by atomic mass is 32.2. The maximum absolute atomic E-state index is 11.6. The Morgan fingerprint density at radius 3 is 2.27 bits per heavy atom. The summed E-state index contributed by atoms with van der Waals surface area (Å²) in [4.78, 5) is 2.26. The highest BCUT2D eigenvalue weighted by Crippen LogP contribution is 2.18. The first-order chi connectivity index (χ1) is 12.5. The van der Waals surface area contributed by atoms with E-state index in [-0.39, 0.29) is 10.8 Å². The van der Waals surface area contributed by atoms with Crippen LogP contribution in [0.1, 0.15) is 33.1 Å². The molecule has 8 nitrogen and oxygen atoms in total. The lowest BCUT2D eigenvalue weighted by atomic mass is 10.3. The smallest absolute Gasteiger partial charge is 0.264 e. The molecular weight excluding hydrogens is 374 g/mol. The third-order valence-corrected chi connectivity index (χ3v) is 6.39. The van der Waals surface area contributed by atoms with E-state index in [0.717, 1.165) is 38.5 Å². The van der Waals surface area contributed by atoms with Gasteiger partial charge in [0.1, 0.15) is 11.7 Å². The van der Waals surface area contributed by atoms with Crippen LogP contribution in [-0.2, 0) is 19.5 Å². The Balaban J connectivity index is 2.35. The van der Waals surface area contributed by atoms with Gasteiger partial charge in [0.15, 0.2) is 0 Å². The summed E-state index contributed by atoms with van der Waals surface area (Å²) in [5.74, 6) is 0.549. The summed E-state index contributed by atoms with van der Waals surface area (Å²) >= 11 is 0. The van der Waals surface area contributed by atoms with Gasteiger partial charge < -0.3 is 14.2 Å². The standard InChI is InChI=1S/C16H27N3O5SSi/c1-3-10-23-16(24-11-4-2)26-13-5-12-22-14-6-8-15(9-7-14)25(20,21)19-18-17/h6-9,16H,3-5,10-13,26H2,1-2H3. The van der Waals surface area contributed by atoms with Gasteiger partial charge in [-0.15, -0.1) is 0 Å². The molecule has 0 bridgehead atoms. The zero-order valence-corrected chi connectivity index (χ0v) is 17.6. The normalized spacial score (nSPS) is 11.8. The number of benzene rings is 1. The Bertz CT molecular complexity index is 655. The molecule has 0 spiro atoms. The summed E-state index contributed by atoms with van der Waals surface area (Å²) in [5.41, 5.74) is 8.26. The molecule has 146 valence electrons. The molecule has 0 aliphatic heterocycles. The number of hydrogen-bond donors (Lipinski definition) is 0. The third-order valence-electron chi connectivity index (χ3n) is 3.38. The van der Waals surface area contributed by atoms with Crippen molar-refractivity contribution in [3.8, 4) is 5.75 Å². The van der Waals surface area contributed by atoms with Gasteiger partial charge in [0, 0.05) is 22.6 Å². The minimum Gasteiger partial charge on any atom is -0.494 e. The second-order valence-electron chi connectivity index (χ2n) is 5.63. The average Bonchev–Trinajstić information content (AvgIpc) is 2.63. The second-order valence-corrected chi connectivity index (χ2v) is 9.17. The van der Waals surface area contributed by atoms with Crippen LogP contribution in [0.5, 0.6) is 5.75 Å². The van der Waals surface area contributed by atoms with Gasteiger partial charge in [0.05, 0.1) is 21.0 Å². The lowest BCUT2D eigenvalue weighted by Crippen LogP contribution is -2.25. The van der Waals surface area contributed by atoms with Crippen molar-refractivity contribution in [1.82, 2.24) is 0 Å². The van der Waals surface area contributed by atoms with Crippen LogP contribution in [0.15, 0.2) is 33.7 Å². The molecule has 0 N–H and O–H groups in total. The molecule has 0 unspecified atom stereocenters. The quantitative estimate of drug-likeness (QED) is 0.119. The molecule has 1 aromatic carbocycles. The van der Waals surface area contributed by atoms with E-state index in [1.165, 1.54) is 12.1 Å². The highest BCUT2D eigenvalue weighted by Gasteiger charge is 2.12. The fourth-order valence-electron chi connectivity index (χ4n) is 2.12. The van der Waals surface area contributed by atoms with Crippen molar-refractivity contribution in [2.75, 3.05) is 19.8 Å². The molecule has 26 heavy (non-hydrogen) atoms. The van der Waals surface area contributed by atoms with Crippen molar-refractivity contribution in [3.63, 3.8) is 0 Å². The monoisotopic (exact) mass is 401 g/mol. The van der Waals surface area contributed by atoms with Crippen LogP contribution in [0.2, 0.25) is 6.04 Å². The molecule has 0 amide bonds. The number of azide groups is 1. The molecule has 1 aromatic rings. The highest BCUT2D eigenvalue weighted by molar-refractivity contribution is 7.90. The molecular formula is C16H27N3O5SSi. The Kier molecular flexibility index (Phi) is 11.0. The summed E-state index contributed by atoms with van der Waals surface area (Å²) in [6.07, 6.45) is 2.86. The predicted molar refractivity (Wildman–Crippen MR) is 103 cm³/mol. The topological polar surface area (TPSA) is 111 Å². The second kappa shape index (κ2) is 12.7.